The number of carbonyl (C=O) groups is 2. The maximum Gasteiger partial charge on any atom is 0.241 e. The van der Waals surface area contributed by atoms with E-state index >= 15 is 0 Å². The molecule has 1 atom stereocenters. The molecule has 1 unspecified atom stereocenters. The van der Waals surface area contributed by atoms with Crippen LogP contribution in [0.1, 0.15) is 26.2 Å². The molecule has 1 aromatic carbocycles. The van der Waals surface area contributed by atoms with Crippen molar-refractivity contribution in [1.29, 1.82) is 0 Å². The van der Waals surface area contributed by atoms with E-state index in [0.29, 0.717) is 6.42 Å². The first-order valence-electron chi connectivity index (χ1n) is 6.63. The van der Waals surface area contributed by atoms with Gasteiger partial charge < -0.3 is 16.0 Å². The van der Waals surface area contributed by atoms with Gasteiger partial charge in [0.05, 0.1) is 6.04 Å². The molecule has 0 saturated carbocycles. The van der Waals surface area contributed by atoms with Crippen LogP contribution in [0.4, 0.5) is 11.4 Å². The van der Waals surface area contributed by atoms with Crippen molar-refractivity contribution in [3.63, 3.8) is 0 Å². The zero-order valence-corrected chi connectivity index (χ0v) is 12.3. The summed E-state index contributed by atoms with van der Waals surface area (Å²) in [4.78, 5) is 23.1. The van der Waals surface area contributed by atoms with Crippen LogP contribution in [0.2, 0.25) is 0 Å². The van der Waals surface area contributed by atoms with E-state index < -0.39 is 0 Å². The van der Waals surface area contributed by atoms with Crippen molar-refractivity contribution in [2.24, 2.45) is 0 Å². The van der Waals surface area contributed by atoms with E-state index in [1.807, 2.05) is 0 Å². The van der Waals surface area contributed by atoms with E-state index in [0.717, 1.165) is 30.8 Å². The highest BCUT2D eigenvalue weighted by atomic mass is 35.5. The minimum absolute atomic E-state index is 0. The zero-order valence-electron chi connectivity index (χ0n) is 11.4. The number of rotatable bonds is 4. The molecule has 1 aliphatic rings. The summed E-state index contributed by atoms with van der Waals surface area (Å²) in [7, 11) is 0. The van der Waals surface area contributed by atoms with Gasteiger partial charge in [0.1, 0.15) is 0 Å². The van der Waals surface area contributed by atoms with Crippen LogP contribution in [0.5, 0.6) is 0 Å². The first-order valence-corrected chi connectivity index (χ1v) is 6.63. The van der Waals surface area contributed by atoms with Crippen molar-refractivity contribution < 1.29 is 9.59 Å². The van der Waals surface area contributed by atoms with Gasteiger partial charge in [0.2, 0.25) is 11.8 Å². The number of amides is 2. The predicted molar refractivity (Wildman–Crippen MR) is 82.3 cm³/mol. The number of nitrogens with one attached hydrogen (secondary N) is 3. The molecule has 0 aliphatic carbocycles. The van der Waals surface area contributed by atoms with Gasteiger partial charge in [-0.05, 0) is 43.7 Å². The average Bonchev–Trinajstić information content (AvgIpc) is 2.95. The third-order valence-corrected chi connectivity index (χ3v) is 3.13. The van der Waals surface area contributed by atoms with Gasteiger partial charge in [0, 0.05) is 17.8 Å². The van der Waals surface area contributed by atoms with E-state index in [9.17, 15) is 9.59 Å². The number of anilines is 2. The number of hydrogen-bond donors (Lipinski definition) is 3. The summed E-state index contributed by atoms with van der Waals surface area (Å²) in [5.74, 6) is -0.0187. The SMILES string of the molecule is CCC(=O)Nc1ccc(NC(=O)C2CCCN2)cc1.Cl. The Hall–Kier alpha value is -1.59. The standard InChI is InChI=1S/C14H19N3O2.ClH/c1-2-13(18)16-10-5-7-11(8-6-10)17-14(19)12-4-3-9-15-12;/h5-8,12,15H,2-4,9H2,1H3,(H,16,18)(H,17,19);1H. The monoisotopic (exact) mass is 297 g/mol. The molecule has 20 heavy (non-hydrogen) atoms. The van der Waals surface area contributed by atoms with Crippen LogP contribution in [-0.4, -0.2) is 24.4 Å². The first kappa shape index (κ1) is 16.5. The second kappa shape index (κ2) is 7.87. The minimum Gasteiger partial charge on any atom is -0.326 e. The number of carbonyl (C=O) groups excluding carboxylic acids is 2. The Morgan fingerprint density at radius 1 is 1.20 bits per heavy atom. The first-order chi connectivity index (χ1) is 9.19. The quantitative estimate of drug-likeness (QED) is 0.797. The minimum atomic E-state index is -0.0838. The molecular formula is C14H20ClN3O2. The van der Waals surface area contributed by atoms with Crippen molar-refractivity contribution in [3.05, 3.63) is 24.3 Å². The molecule has 2 rings (SSSR count). The molecule has 1 saturated heterocycles. The van der Waals surface area contributed by atoms with Crippen LogP contribution in [0.25, 0.3) is 0 Å². The maximum atomic E-state index is 11.9. The van der Waals surface area contributed by atoms with Gasteiger partial charge in [0.25, 0.3) is 0 Å². The van der Waals surface area contributed by atoms with Crippen LogP contribution >= 0.6 is 12.4 Å². The van der Waals surface area contributed by atoms with Crippen molar-refractivity contribution in [1.82, 2.24) is 5.32 Å². The summed E-state index contributed by atoms with van der Waals surface area (Å²) in [6, 6.07) is 7.06. The maximum absolute atomic E-state index is 11.9. The number of halogens is 1. The number of hydrogen-bond acceptors (Lipinski definition) is 3. The van der Waals surface area contributed by atoms with Crippen molar-refractivity contribution in [2.75, 3.05) is 17.2 Å². The van der Waals surface area contributed by atoms with Gasteiger partial charge in [-0.2, -0.15) is 0 Å². The Labute approximate surface area is 124 Å². The van der Waals surface area contributed by atoms with Crippen molar-refractivity contribution in [3.8, 4) is 0 Å². The Morgan fingerprint density at radius 2 is 1.80 bits per heavy atom. The van der Waals surface area contributed by atoms with Gasteiger partial charge >= 0.3 is 0 Å². The highest BCUT2D eigenvalue weighted by Crippen LogP contribution is 2.15. The highest BCUT2D eigenvalue weighted by Gasteiger charge is 2.21. The van der Waals surface area contributed by atoms with Gasteiger partial charge in [-0.15, -0.1) is 12.4 Å². The molecule has 0 bridgehead atoms. The molecule has 0 spiro atoms. The normalized spacial score (nSPS) is 17.1. The Balaban J connectivity index is 0.00000200. The second-order valence-corrected chi connectivity index (χ2v) is 4.62. The topological polar surface area (TPSA) is 70.2 Å². The van der Waals surface area contributed by atoms with E-state index in [2.05, 4.69) is 16.0 Å². The van der Waals surface area contributed by atoms with Gasteiger partial charge in [-0.3, -0.25) is 9.59 Å². The van der Waals surface area contributed by atoms with Crippen LogP contribution in [0.3, 0.4) is 0 Å². The highest BCUT2D eigenvalue weighted by molar-refractivity contribution is 5.95. The molecule has 0 radical (unpaired) electrons. The zero-order chi connectivity index (χ0) is 13.7. The van der Waals surface area contributed by atoms with E-state index in [-0.39, 0.29) is 30.3 Å². The summed E-state index contributed by atoms with van der Waals surface area (Å²) in [5, 5.41) is 8.78. The molecule has 1 fully saturated rings. The molecule has 2 amide bonds. The van der Waals surface area contributed by atoms with Gasteiger partial charge in [-0.1, -0.05) is 6.92 Å². The fraction of sp³-hybridized carbons (Fsp3) is 0.429. The van der Waals surface area contributed by atoms with Gasteiger partial charge in [0.15, 0.2) is 0 Å². The molecule has 1 aromatic rings. The van der Waals surface area contributed by atoms with Gasteiger partial charge in [-0.25, -0.2) is 0 Å². The Kier molecular flexibility index (Phi) is 6.48. The third-order valence-electron chi connectivity index (χ3n) is 3.13. The lowest BCUT2D eigenvalue weighted by molar-refractivity contribution is -0.118. The molecular weight excluding hydrogens is 278 g/mol. The number of benzene rings is 1. The van der Waals surface area contributed by atoms with E-state index in [1.165, 1.54) is 0 Å². The molecule has 6 heteroatoms. The Morgan fingerprint density at radius 3 is 2.30 bits per heavy atom. The van der Waals surface area contributed by atoms with Crippen LogP contribution in [0, 0.1) is 0 Å². The largest absolute Gasteiger partial charge is 0.326 e. The molecule has 0 aromatic heterocycles. The predicted octanol–water partition coefficient (Wildman–Crippen LogP) is 2.15. The summed E-state index contributed by atoms with van der Waals surface area (Å²) < 4.78 is 0. The van der Waals surface area contributed by atoms with Crippen molar-refractivity contribution in [2.45, 2.75) is 32.2 Å². The lowest BCUT2D eigenvalue weighted by Crippen LogP contribution is -2.35. The molecule has 110 valence electrons. The molecule has 3 N–H and O–H groups in total. The van der Waals surface area contributed by atoms with Crippen molar-refractivity contribution >= 4 is 35.6 Å². The Bertz CT molecular complexity index is 456. The average molecular weight is 298 g/mol. The molecule has 5 nitrogen and oxygen atoms in total. The van der Waals surface area contributed by atoms with Crippen LogP contribution < -0.4 is 16.0 Å². The second-order valence-electron chi connectivity index (χ2n) is 4.62. The summed E-state index contributed by atoms with van der Waals surface area (Å²) in [5.41, 5.74) is 1.48. The van der Waals surface area contributed by atoms with Crippen LogP contribution in [-0.2, 0) is 9.59 Å². The molecule has 1 aliphatic heterocycles. The smallest absolute Gasteiger partial charge is 0.241 e. The van der Waals surface area contributed by atoms with Crippen LogP contribution in [0.15, 0.2) is 24.3 Å². The summed E-state index contributed by atoms with van der Waals surface area (Å²) in [6.07, 6.45) is 2.38. The lowest BCUT2D eigenvalue weighted by atomic mass is 10.2. The molecule has 1 heterocycles. The summed E-state index contributed by atoms with van der Waals surface area (Å²) >= 11 is 0. The summed E-state index contributed by atoms with van der Waals surface area (Å²) in [6.45, 7) is 2.71. The lowest BCUT2D eigenvalue weighted by Gasteiger charge is -2.11. The fourth-order valence-electron chi connectivity index (χ4n) is 2.02. The van der Waals surface area contributed by atoms with E-state index in [4.69, 9.17) is 0 Å². The third kappa shape index (κ3) is 4.51. The van der Waals surface area contributed by atoms with E-state index in [1.54, 1.807) is 31.2 Å². The fourth-order valence-corrected chi connectivity index (χ4v) is 2.02.